The highest BCUT2D eigenvalue weighted by Crippen LogP contribution is 2.20. The summed E-state index contributed by atoms with van der Waals surface area (Å²) in [7, 11) is 3.25. The Morgan fingerprint density at radius 3 is 2.86 bits per heavy atom. The third kappa shape index (κ3) is 4.57. The van der Waals surface area contributed by atoms with Crippen molar-refractivity contribution in [1.29, 1.82) is 0 Å². The molecule has 1 aromatic heterocycles. The molecule has 2 rings (SSSR count). The van der Waals surface area contributed by atoms with Crippen molar-refractivity contribution < 1.29 is 19.0 Å². The van der Waals surface area contributed by atoms with Gasteiger partial charge in [0.15, 0.2) is 0 Å². The fourth-order valence-corrected chi connectivity index (χ4v) is 2.25. The van der Waals surface area contributed by atoms with E-state index in [0.29, 0.717) is 45.3 Å². The minimum Gasteiger partial charge on any atom is -0.475 e. The fourth-order valence-electron chi connectivity index (χ4n) is 2.25. The van der Waals surface area contributed by atoms with Crippen molar-refractivity contribution >= 4 is 6.03 Å². The lowest BCUT2D eigenvalue weighted by molar-refractivity contribution is 0.143. The number of amides is 2. The van der Waals surface area contributed by atoms with Gasteiger partial charge in [-0.1, -0.05) is 6.07 Å². The zero-order chi connectivity index (χ0) is 15.8. The average Bonchev–Trinajstić information content (AvgIpc) is 2.54. The molecular formula is C15H23N3O4. The van der Waals surface area contributed by atoms with Crippen molar-refractivity contribution in [2.45, 2.75) is 13.0 Å². The minimum absolute atomic E-state index is 0.0666. The Morgan fingerprint density at radius 2 is 2.09 bits per heavy atom. The van der Waals surface area contributed by atoms with Crippen LogP contribution in [-0.2, 0) is 22.4 Å². The van der Waals surface area contributed by atoms with E-state index in [1.807, 2.05) is 12.1 Å². The maximum Gasteiger partial charge on any atom is 0.317 e. The molecule has 0 aliphatic carbocycles. The van der Waals surface area contributed by atoms with Crippen molar-refractivity contribution in [2.75, 3.05) is 47.1 Å². The summed E-state index contributed by atoms with van der Waals surface area (Å²) < 4.78 is 15.4. The molecule has 0 saturated carbocycles. The van der Waals surface area contributed by atoms with Crippen LogP contribution >= 0.6 is 0 Å². The molecule has 0 radical (unpaired) electrons. The average molecular weight is 309 g/mol. The predicted octanol–water partition coefficient (Wildman–Crippen LogP) is 0.821. The molecule has 0 fully saturated rings. The molecule has 0 atom stereocenters. The van der Waals surface area contributed by atoms with Crippen LogP contribution in [0.1, 0.15) is 11.3 Å². The summed E-state index contributed by atoms with van der Waals surface area (Å²) in [6.07, 6.45) is 0.731. The SMILES string of the molecule is COCCNC(=O)N1CCc2nc(OCCOC)ccc2C1. The maximum absolute atomic E-state index is 12.0. The minimum atomic E-state index is -0.0666. The summed E-state index contributed by atoms with van der Waals surface area (Å²) in [6, 6.07) is 3.74. The molecule has 2 heterocycles. The van der Waals surface area contributed by atoms with Gasteiger partial charge in [-0.3, -0.25) is 0 Å². The zero-order valence-corrected chi connectivity index (χ0v) is 13.1. The molecule has 1 aliphatic rings. The van der Waals surface area contributed by atoms with Gasteiger partial charge in [0.25, 0.3) is 0 Å². The number of hydrogen-bond donors (Lipinski definition) is 1. The first-order chi connectivity index (χ1) is 10.7. The molecule has 7 heteroatoms. The molecule has 1 N–H and O–H groups in total. The van der Waals surface area contributed by atoms with Crippen LogP contribution in [-0.4, -0.2) is 63.0 Å². The molecule has 7 nitrogen and oxygen atoms in total. The molecule has 1 aliphatic heterocycles. The van der Waals surface area contributed by atoms with Crippen LogP contribution in [0, 0.1) is 0 Å². The van der Waals surface area contributed by atoms with Gasteiger partial charge in [0.2, 0.25) is 5.88 Å². The van der Waals surface area contributed by atoms with Crippen LogP contribution in [0.3, 0.4) is 0 Å². The number of methoxy groups -OCH3 is 2. The second-order valence-electron chi connectivity index (χ2n) is 4.99. The van der Waals surface area contributed by atoms with Gasteiger partial charge in [-0.05, 0) is 5.56 Å². The number of ether oxygens (including phenoxy) is 3. The number of carbonyl (C=O) groups is 1. The molecule has 2 amide bonds. The molecule has 122 valence electrons. The number of urea groups is 1. The van der Waals surface area contributed by atoms with E-state index in [2.05, 4.69) is 10.3 Å². The number of fused-ring (bicyclic) bond motifs is 1. The van der Waals surface area contributed by atoms with Crippen molar-refractivity contribution in [3.63, 3.8) is 0 Å². The first-order valence-corrected chi connectivity index (χ1v) is 7.37. The monoisotopic (exact) mass is 309 g/mol. The standard InChI is InChI=1S/C15H23N3O4/c1-20-8-6-16-15(19)18-7-5-13-12(11-18)3-4-14(17-13)22-10-9-21-2/h3-4H,5-11H2,1-2H3,(H,16,19). The summed E-state index contributed by atoms with van der Waals surface area (Å²) >= 11 is 0. The number of aromatic nitrogens is 1. The Bertz CT molecular complexity index is 496. The Kier molecular flexibility index (Phi) is 6.42. The van der Waals surface area contributed by atoms with Crippen LogP contribution in [0.4, 0.5) is 4.79 Å². The maximum atomic E-state index is 12.0. The summed E-state index contributed by atoms with van der Waals surface area (Å²) in [5, 5.41) is 2.83. The largest absolute Gasteiger partial charge is 0.475 e. The third-order valence-corrected chi connectivity index (χ3v) is 3.43. The smallest absolute Gasteiger partial charge is 0.317 e. The summed E-state index contributed by atoms with van der Waals surface area (Å²) in [4.78, 5) is 18.3. The quantitative estimate of drug-likeness (QED) is 0.755. The highest BCUT2D eigenvalue weighted by molar-refractivity contribution is 5.74. The van der Waals surface area contributed by atoms with E-state index in [-0.39, 0.29) is 6.03 Å². The van der Waals surface area contributed by atoms with Crippen LogP contribution in [0.2, 0.25) is 0 Å². The van der Waals surface area contributed by atoms with Gasteiger partial charge in [-0.25, -0.2) is 9.78 Å². The highest BCUT2D eigenvalue weighted by atomic mass is 16.5. The first kappa shape index (κ1) is 16.5. The second kappa shape index (κ2) is 8.55. The van der Waals surface area contributed by atoms with Crippen molar-refractivity contribution in [3.05, 3.63) is 23.4 Å². The van der Waals surface area contributed by atoms with Gasteiger partial charge >= 0.3 is 6.03 Å². The summed E-state index contributed by atoms with van der Waals surface area (Å²) in [6.45, 7) is 3.27. The van der Waals surface area contributed by atoms with E-state index in [0.717, 1.165) is 17.7 Å². The lowest BCUT2D eigenvalue weighted by Gasteiger charge is -2.28. The number of pyridine rings is 1. The lowest BCUT2D eigenvalue weighted by Crippen LogP contribution is -2.43. The van der Waals surface area contributed by atoms with Crippen LogP contribution in [0.5, 0.6) is 5.88 Å². The van der Waals surface area contributed by atoms with Crippen molar-refractivity contribution in [3.8, 4) is 5.88 Å². The topological polar surface area (TPSA) is 72.9 Å². The normalized spacial score (nSPS) is 13.6. The predicted molar refractivity (Wildman–Crippen MR) is 81.0 cm³/mol. The Hall–Kier alpha value is -1.86. The van der Waals surface area contributed by atoms with Gasteiger partial charge in [-0.15, -0.1) is 0 Å². The number of nitrogens with one attached hydrogen (secondary N) is 1. The third-order valence-electron chi connectivity index (χ3n) is 3.43. The van der Waals surface area contributed by atoms with E-state index in [4.69, 9.17) is 14.2 Å². The Balaban J connectivity index is 1.89. The summed E-state index contributed by atoms with van der Waals surface area (Å²) in [5.74, 6) is 0.605. The van der Waals surface area contributed by atoms with Crippen molar-refractivity contribution in [2.24, 2.45) is 0 Å². The molecule has 0 unspecified atom stereocenters. The van der Waals surface area contributed by atoms with E-state index in [1.165, 1.54) is 0 Å². The number of hydrogen-bond acceptors (Lipinski definition) is 5. The van der Waals surface area contributed by atoms with Gasteiger partial charge in [0.1, 0.15) is 6.61 Å². The molecule has 1 aromatic rings. The van der Waals surface area contributed by atoms with E-state index < -0.39 is 0 Å². The van der Waals surface area contributed by atoms with E-state index >= 15 is 0 Å². The molecule has 0 saturated heterocycles. The van der Waals surface area contributed by atoms with Gasteiger partial charge < -0.3 is 24.4 Å². The van der Waals surface area contributed by atoms with Crippen LogP contribution in [0.25, 0.3) is 0 Å². The van der Waals surface area contributed by atoms with E-state index in [1.54, 1.807) is 19.1 Å². The lowest BCUT2D eigenvalue weighted by atomic mass is 10.1. The molecule has 0 spiro atoms. The van der Waals surface area contributed by atoms with Crippen LogP contribution in [0.15, 0.2) is 12.1 Å². The number of carbonyl (C=O) groups excluding carboxylic acids is 1. The van der Waals surface area contributed by atoms with Crippen LogP contribution < -0.4 is 10.1 Å². The molecule has 22 heavy (non-hydrogen) atoms. The Morgan fingerprint density at radius 1 is 1.27 bits per heavy atom. The summed E-state index contributed by atoms with van der Waals surface area (Å²) in [5.41, 5.74) is 2.06. The molecule has 0 aromatic carbocycles. The zero-order valence-electron chi connectivity index (χ0n) is 13.1. The first-order valence-electron chi connectivity index (χ1n) is 7.37. The van der Waals surface area contributed by atoms with E-state index in [9.17, 15) is 4.79 Å². The van der Waals surface area contributed by atoms with Gasteiger partial charge in [0.05, 0.1) is 18.9 Å². The highest BCUT2D eigenvalue weighted by Gasteiger charge is 2.21. The number of nitrogens with zero attached hydrogens (tertiary/aromatic N) is 2. The van der Waals surface area contributed by atoms with Gasteiger partial charge in [-0.2, -0.15) is 0 Å². The van der Waals surface area contributed by atoms with Crippen molar-refractivity contribution in [1.82, 2.24) is 15.2 Å². The Labute approximate surface area is 130 Å². The second-order valence-corrected chi connectivity index (χ2v) is 4.99. The number of rotatable bonds is 7. The molecule has 0 bridgehead atoms. The molecular weight excluding hydrogens is 286 g/mol. The van der Waals surface area contributed by atoms with Gasteiger partial charge in [0, 0.05) is 46.3 Å². The fraction of sp³-hybridized carbons (Fsp3) is 0.600.